The third kappa shape index (κ3) is 9.26. The predicted octanol–water partition coefficient (Wildman–Crippen LogP) is 2.81. The minimum atomic E-state index is -0.560. The molecule has 0 aliphatic heterocycles. The van der Waals surface area contributed by atoms with Crippen LogP contribution < -0.4 is 0 Å². The van der Waals surface area contributed by atoms with Gasteiger partial charge in [-0.15, -0.1) is 0 Å². The number of phenolic OH excluding ortho intramolecular Hbond substituents is 1. The molecule has 0 saturated carbocycles. The topological polar surface area (TPSA) is 79.5 Å². The van der Waals surface area contributed by atoms with Crippen LogP contribution in [0.5, 0.6) is 5.75 Å². The van der Waals surface area contributed by atoms with E-state index in [-0.39, 0.29) is 33.6 Å². The van der Waals surface area contributed by atoms with E-state index < -0.39 is 5.97 Å². The van der Waals surface area contributed by atoms with Gasteiger partial charge in [-0.25, -0.2) is 4.79 Å². The van der Waals surface area contributed by atoms with Crippen LogP contribution in [0.25, 0.3) is 0 Å². The van der Waals surface area contributed by atoms with Crippen LogP contribution in [0.15, 0.2) is 24.3 Å². The van der Waals surface area contributed by atoms with Crippen molar-refractivity contribution in [3.8, 4) is 11.8 Å². The summed E-state index contributed by atoms with van der Waals surface area (Å²) in [4.78, 5) is 20.8. The van der Waals surface area contributed by atoms with E-state index in [4.69, 9.17) is 15.3 Å². The van der Waals surface area contributed by atoms with Gasteiger partial charge in [0.05, 0.1) is 11.6 Å². The zero-order chi connectivity index (χ0) is 14.0. The van der Waals surface area contributed by atoms with Crippen molar-refractivity contribution in [2.75, 3.05) is 0 Å². The van der Waals surface area contributed by atoms with Gasteiger partial charge in [0.15, 0.2) is 0 Å². The van der Waals surface area contributed by atoms with Crippen molar-refractivity contribution in [3.63, 3.8) is 0 Å². The third-order valence-electron chi connectivity index (χ3n) is 1.97. The van der Waals surface area contributed by atoms with E-state index in [1.54, 1.807) is 6.07 Å². The first-order chi connectivity index (χ1) is 8.54. The normalized spacial score (nSPS) is 10.0. The fourth-order valence-corrected chi connectivity index (χ4v) is 0.839. The summed E-state index contributed by atoms with van der Waals surface area (Å²) in [5.74, 6) is -0.454. The Bertz CT molecular complexity index is 400. The Kier molecular flexibility index (Phi) is 12.3. The SMILES string of the molecule is CC#N.CCC(C)OOC(=O)c1ccc(O)cc1.[Ti]. The molecular formula is C13H17NO4Ti. The standard InChI is InChI=1S/C11H14O4.C2H3N.Ti/c1-3-8(2)14-15-11(13)9-4-6-10(12)7-5-9;1-2-3;/h4-8,12H,3H2,1-2H3;1H3;. The van der Waals surface area contributed by atoms with Crippen LogP contribution in [-0.2, 0) is 31.5 Å². The number of carbonyl (C=O) groups excluding carboxylic acids is 1. The number of carbonyl (C=O) groups is 1. The maximum Gasteiger partial charge on any atom is 0.373 e. The quantitative estimate of drug-likeness (QED) is 0.525. The van der Waals surface area contributed by atoms with E-state index in [2.05, 4.69) is 4.89 Å². The smallest absolute Gasteiger partial charge is 0.373 e. The van der Waals surface area contributed by atoms with E-state index in [9.17, 15) is 4.79 Å². The first-order valence-electron chi connectivity index (χ1n) is 5.52. The molecule has 1 rings (SSSR count). The molecule has 1 atom stereocenters. The van der Waals surface area contributed by atoms with E-state index in [0.29, 0.717) is 5.56 Å². The Morgan fingerprint density at radius 2 is 1.89 bits per heavy atom. The van der Waals surface area contributed by atoms with E-state index in [1.165, 1.54) is 31.2 Å². The molecule has 6 heteroatoms. The van der Waals surface area contributed by atoms with Gasteiger partial charge < -0.3 is 5.11 Å². The van der Waals surface area contributed by atoms with E-state index in [0.717, 1.165) is 6.42 Å². The number of benzene rings is 1. The summed E-state index contributed by atoms with van der Waals surface area (Å²) in [6.45, 7) is 5.17. The molecule has 0 spiro atoms. The molecular weight excluding hydrogens is 282 g/mol. The van der Waals surface area contributed by atoms with Crippen molar-refractivity contribution in [2.45, 2.75) is 33.3 Å². The predicted molar refractivity (Wildman–Crippen MR) is 65.6 cm³/mol. The molecule has 1 aromatic rings. The summed E-state index contributed by atoms with van der Waals surface area (Å²) in [5.41, 5.74) is 0.344. The third-order valence-corrected chi connectivity index (χ3v) is 1.97. The van der Waals surface area contributed by atoms with Gasteiger partial charge in [0.25, 0.3) is 0 Å². The molecule has 5 nitrogen and oxygen atoms in total. The van der Waals surface area contributed by atoms with Gasteiger partial charge in [0, 0.05) is 28.6 Å². The summed E-state index contributed by atoms with van der Waals surface area (Å²) in [6, 6.07) is 7.52. The van der Waals surface area contributed by atoms with E-state index in [1.807, 2.05) is 13.8 Å². The fourth-order valence-electron chi connectivity index (χ4n) is 0.839. The van der Waals surface area contributed by atoms with Crippen molar-refractivity contribution < 1.29 is 41.4 Å². The Labute approximate surface area is 128 Å². The molecule has 0 fully saturated rings. The molecule has 1 N–H and O–H groups in total. The van der Waals surface area contributed by atoms with Crippen LogP contribution in [0, 0.1) is 11.3 Å². The van der Waals surface area contributed by atoms with Crippen LogP contribution in [0.2, 0.25) is 0 Å². The van der Waals surface area contributed by atoms with Crippen LogP contribution in [0.1, 0.15) is 37.6 Å². The first kappa shape index (κ1) is 20.0. The number of rotatable bonds is 4. The zero-order valence-electron chi connectivity index (χ0n) is 11.2. The summed E-state index contributed by atoms with van der Waals surface area (Å²) in [6.07, 6.45) is 0.647. The van der Waals surface area contributed by atoms with Gasteiger partial charge in [0.1, 0.15) is 11.9 Å². The molecule has 0 bridgehead atoms. The van der Waals surface area contributed by atoms with Gasteiger partial charge in [-0.05, 0) is 37.6 Å². The van der Waals surface area contributed by atoms with Crippen LogP contribution in [0.3, 0.4) is 0 Å². The molecule has 102 valence electrons. The zero-order valence-corrected chi connectivity index (χ0v) is 12.8. The second kappa shape index (κ2) is 11.7. The number of hydrogen-bond donors (Lipinski definition) is 1. The summed E-state index contributed by atoms with van der Waals surface area (Å²) < 4.78 is 0. The van der Waals surface area contributed by atoms with Crippen LogP contribution in [0.4, 0.5) is 0 Å². The number of aromatic hydroxyl groups is 1. The summed E-state index contributed by atoms with van der Waals surface area (Å²) in [5, 5.41) is 16.3. The molecule has 0 amide bonds. The number of nitrogens with zero attached hydrogens (tertiary/aromatic N) is 1. The monoisotopic (exact) mass is 299 g/mol. The Morgan fingerprint density at radius 3 is 2.32 bits per heavy atom. The summed E-state index contributed by atoms with van der Waals surface area (Å²) in [7, 11) is 0. The minimum absolute atomic E-state index is 0. The Morgan fingerprint density at radius 1 is 1.42 bits per heavy atom. The fraction of sp³-hybridized carbons (Fsp3) is 0.385. The molecule has 0 saturated heterocycles. The van der Waals surface area contributed by atoms with Gasteiger partial charge in [-0.1, -0.05) is 6.92 Å². The molecule has 1 aromatic carbocycles. The molecule has 0 radical (unpaired) electrons. The average molecular weight is 299 g/mol. The molecule has 0 aliphatic rings. The van der Waals surface area contributed by atoms with Crippen molar-refractivity contribution >= 4 is 5.97 Å². The number of nitriles is 1. The number of hydrogen-bond acceptors (Lipinski definition) is 5. The van der Waals surface area contributed by atoms with Crippen LogP contribution in [-0.4, -0.2) is 17.2 Å². The van der Waals surface area contributed by atoms with E-state index >= 15 is 0 Å². The Hall–Kier alpha value is -1.35. The number of phenols is 1. The van der Waals surface area contributed by atoms with Crippen molar-refractivity contribution in [3.05, 3.63) is 29.8 Å². The molecule has 0 aliphatic carbocycles. The molecule has 0 heterocycles. The minimum Gasteiger partial charge on any atom is -0.508 e. The van der Waals surface area contributed by atoms with Gasteiger partial charge in [0.2, 0.25) is 0 Å². The largest absolute Gasteiger partial charge is 0.508 e. The van der Waals surface area contributed by atoms with Gasteiger partial charge in [-0.2, -0.15) is 10.1 Å². The van der Waals surface area contributed by atoms with Crippen molar-refractivity contribution in [1.29, 1.82) is 5.26 Å². The van der Waals surface area contributed by atoms with Crippen molar-refractivity contribution in [1.82, 2.24) is 0 Å². The van der Waals surface area contributed by atoms with Crippen LogP contribution >= 0.6 is 0 Å². The average Bonchev–Trinajstić information content (AvgIpc) is 2.37. The molecule has 1 unspecified atom stereocenters. The second-order valence-electron chi connectivity index (χ2n) is 3.46. The maximum absolute atomic E-state index is 11.3. The second-order valence-corrected chi connectivity index (χ2v) is 3.46. The summed E-state index contributed by atoms with van der Waals surface area (Å²) >= 11 is 0. The maximum atomic E-state index is 11.3. The molecule has 0 aromatic heterocycles. The van der Waals surface area contributed by atoms with Crippen molar-refractivity contribution in [2.24, 2.45) is 0 Å². The van der Waals surface area contributed by atoms with Gasteiger partial charge in [-0.3, -0.25) is 4.89 Å². The first-order valence-corrected chi connectivity index (χ1v) is 5.52. The van der Waals surface area contributed by atoms with Gasteiger partial charge >= 0.3 is 5.97 Å². The molecule has 19 heavy (non-hydrogen) atoms. The Balaban J connectivity index is 0.